The zero-order chi connectivity index (χ0) is 12.7. The number of thiazole rings is 1. The van der Waals surface area contributed by atoms with Crippen LogP contribution in [-0.2, 0) is 0 Å². The molecule has 4 rings (SSSR count). The molecule has 0 N–H and O–H groups in total. The van der Waals surface area contributed by atoms with E-state index in [1.54, 1.807) is 11.3 Å². The zero-order valence-electron chi connectivity index (χ0n) is 9.74. The van der Waals surface area contributed by atoms with Crippen LogP contribution in [0.25, 0.3) is 21.3 Å². The summed E-state index contributed by atoms with van der Waals surface area (Å²) in [4.78, 5) is 9.00. The van der Waals surface area contributed by atoms with Crippen LogP contribution in [0.1, 0.15) is 0 Å². The molecule has 0 atom stereocenters. The minimum absolute atomic E-state index is 0.639. The molecule has 2 aromatic heterocycles. The molecule has 92 valence electrons. The largest absolute Gasteiger partial charge is 0.431 e. The summed E-state index contributed by atoms with van der Waals surface area (Å²) in [5.74, 6) is 0. The number of benzene rings is 2. The highest BCUT2D eigenvalue weighted by atomic mass is 32.2. The summed E-state index contributed by atoms with van der Waals surface area (Å²) in [6, 6.07) is 15.9. The highest BCUT2D eigenvalue weighted by Crippen LogP contribution is 2.34. The van der Waals surface area contributed by atoms with Crippen LogP contribution in [-0.4, -0.2) is 9.97 Å². The van der Waals surface area contributed by atoms with Gasteiger partial charge in [-0.1, -0.05) is 24.3 Å². The van der Waals surface area contributed by atoms with Gasteiger partial charge in [0.2, 0.25) is 0 Å². The molecular formula is C14H8N2OS2. The van der Waals surface area contributed by atoms with E-state index < -0.39 is 0 Å². The van der Waals surface area contributed by atoms with Crippen molar-refractivity contribution >= 4 is 44.4 Å². The number of rotatable bonds is 2. The average Bonchev–Trinajstić information content (AvgIpc) is 3.00. The maximum absolute atomic E-state index is 5.69. The van der Waals surface area contributed by atoms with Crippen molar-refractivity contribution in [3.63, 3.8) is 0 Å². The number of hydrogen-bond acceptors (Lipinski definition) is 5. The van der Waals surface area contributed by atoms with Gasteiger partial charge in [-0.2, -0.15) is 0 Å². The molecule has 2 heterocycles. The van der Waals surface area contributed by atoms with Crippen LogP contribution in [0.4, 0.5) is 0 Å². The maximum Gasteiger partial charge on any atom is 0.263 e. The Kier molecular flexibility index (Phi) is 2.53. The van der Waals surface area contributed by atoms with Gasteiger partial charge in [0.05, 0.1) is 10.2 Å². The smallest absolute Gasteiger partial charge is 0.263 e. The molecule has 2 aromatic carbocycles. The fraction of sp³-hybridized carbons (Fsp3) is 0. The van der Waals surface area contributed by atoms with Gasteiger partial charge in [0.15, 0.2) is 9.92 Å². The highest BCUT2D eigenvalue weighted by Gasteiger charge is 2.10. The van der Waals surface area contributed by atoms with Crippen molar-refractivity contribution in [3.8, 4) is 0 Å². The van der Waals surface area contributed by atoms with Gasteiger partial charge in [0, 0.05) is 11.8 Å². The molecule has 0 aliphatic rings. The molecule has 0 aliphatic carbocycles. The van der Waals surface area contributed by atoms with Crippen LogP contribution in [0.5, 0.6) is 0 Å². The van der Waals surface area contributed by atoms with Crippen LogP contribution in [0.15, 0.2) is 62.5 Å². The van der Waals surface area contributed by atoms with Gasteiger partial charge in [-0.25, -0.2) is 9.97 Å². The quantitative estimate of drug-likeness (QED) is 0.539. The summed E-state index contributed by atoms with van der Waals surface area (Å²) in [5.41, 5.74) is 2.71. The minimum Gasteiger partial charge on any atom is -0.431 e. The third kappa shape index (κ3) is 2.01. The molecule has 0 saturated carbocycles. The van der Waals surface area contributed by atoms with Gasteiger partial charge >= 0.3 is 0 Å². The van der Waals surface area contributed by atoms with Crippen molar-refractivity contribution in [2.45, 2.75) is 9.56 Å². The first kappa shape index (κ1) is 11.0. The summed E-state index contributed by atoms with van der Waals surface area (Å²) in [7, 11) is 0. The lowest BCUT2D eigenvalue weighted by Gasteiger charge is -1.87. The van der Waals surface area contributed by atoms with E-state index in [2.05, 4.69) is 16.0 Å². The summed E-state index contributed by atoms with van der Waals surface area (Å²) < 4.78 is 7.82. The first-order chi connectivity index (χ1) is 9.38. The van der Waals surface area contributed by atoms with Crippen LogP contribution >= 0.6 is 23.1 Å². The topological polar surface area (TPSA) is 38.9 Å². The van der Waals surface area contributed by atoms with Crippen molar-refractivity contribution in [2.75, 3.05) is 0 Å². The van der Waals surface area contributed by atoms with E-state index in [4.69, 9.17) is 4.42 Å². The predicted octanol–water partition coefficient (Wildman–Crippen LogP) is 4.59. The highest BCUT2D eigenvalue weighted by molar-refractivity contribution is 8.00. The number of para-hydroxylation sites is 3. The number of fused-ring (bicyclic) bond motifs is 2. The van der Waals surface area contributed by atoms with Gasteiger partial charge in [0.1, 0.15) is 5.52 Å². The van der Waals surface area contributed by atoms with Gasteiger partial charge < -0.3 is 4.42 Å². The summed E-state index contributed by atoms with van der Waals surface area (Å²) in [5, 5.41) is 0.639. The minimum atomic E-state index is 0.639. The second-order valence-corrected chi connectivity index (χ2v) is 6.23. The average molecular weight is 284 g/mol. The van der Waals surface area contributed by atoms with E-state index in [1.807, 2.05) is 42.5 Å². The van der Waals surface area contributed by atoms with Crippen molar-refractivity contribution in [2.24, 2.45) is 0 Å². The fourth-order valence-electron chi connectivity index (χ4n) is 1.86. The Bertz CT molecular complexity index is 728. The molecule has 0 fully saturated rings. The summed E-state index contributed by atoms with van der Waals surface area (Å²) in [6.45, 7) is 0. The molecule has 0 unspecified atom stereocenters. The Balaban J connectivity index is 1.73. The molecule has 0 saturated heterocycles. The van der Waals surface area contributed by atoms with Crippen molar-refractivity contribution < 1.29 is 4.42 Å². The molecule has 0 amide bonds. The summed E-state index contributed by atoms with van der Waals surface area (Å²) in [6.07, 6.45) is 0. The second-order valence-electron chi connectivity index (χ2n) is 4.00. The third-order valence-corrected chi connectivity index (χ3v) is 4.67. The fourth-order valence-corrected chi connectivity index (χ4v) is 3.78. The summed E-state index contributed by atoms with van der Waals surface area (Å²) >= 11 is 3.12. The molecule has 0 aliphatic heterocycles. The zero-order valence-corrected chi connectivity index (χ0v) is 11.4. The van der Waals surface area contributed by atoms with E-state index >= 15 is 0 Å². The Morgan fingerprint density at radius 2 is 1.68 bits per heavy atom. The van der Waals surface area contributed by atoms with E-state index in [1.165, 1.54) is 16.5 Å². The van der Waals surface area contributed by atoms with Crippen LogP contribution in [0.3, 0.4) is 0 Å². The SMILES string of the molecule is c1ccc2oc(Sc3nc4ccccc4s3)nc2c1. The second kappa shape index (κ2) is 4.36. The van der Waals surface area contributed by atoms with Gasteiger partial charge in [-0.05, 0) is 24.3 Å². The molecule has 4 aromatic rings. The number of aromatic nitrogens is 2. The van der Waals surface area contributed by atoms with E-state index in [0.717, 1.165) is 21.0 Å². The van der Waals surface area contributed by atoms with Crippen LogP contribution in [0.2, 0.25) is 0 Å². The molecule has 0 bridgehead atoms. The first-order valence-corrected chi connectivity index (χ1v) is 7.41. The van der Waals surface area contributed by atoms with E-state index in [-0.39, 0.29) is 0 Å². The van der Waals surface area contributed by atoms with Gasteiger partial charge in [0.25, 0.3) is 5.22 Å². The lowest BCUT2D eigenvalue weighted by Crippen LogP contribution is -1.71. The van der Waals surface area contributed by atoms with E-state index in [0.29, 0.717) is 5.22 Å². The predicted molar refractivity (Wildman–Crippen MR) is 77.8 cm³/mol. The molecule has 19 heavy (non-hydrogen) atoms. The monoisotopic (exact) mass is 284 g/mol. The van der Waals surface area contributed by atoms with Crippen molar-refractivity contribution in [1.82, 2.24) is 9.97 Å². The van der Waals surface area contributed by atoms with E-state index in [9.17, 15) is 0 Å². The normalized spacial score (nSPS) is 11.4. The first-order valence-electron chi connectivity index (χ1n) is 5.77. The lowest BCUT2D eigenvalue weighted by molar-refractivity contribution is 0.489. The lowest BCUT2D eigenvalue weighted by atomic mass is 10.3. The van der Waals surface area contributed by atoms with Crippen LogP contribution in [0, 0.1) is 0 Å². The Morgan fingerprint density at radius 3 is 2.53 bits per heavy atom. The Hall–Kier alpha value is -1.85. The number of oxazole rings is 1. The van der Waals surface area contributed by atoms with Crippen LogP contribution < -0.4 is 0 Å². The number of hydrogen-bond donors (Lipinski definition) is 0. The molecular weight excluding hydrogens is 276 g/mol. The number of nitrogens with zero attached hydrogens (tertiary/aromatic N) is 2. The van der Waals surface area contributed by atoms with Crippen molar-refractivity contribution in [3.05, 3.63) is 48.5 Å². The standard InChI is InChI=1S/C14H8N2OS2/c1-3-7-11-9(5-1)15-13(17-11)19-14-16-10-6-2-4-8-12(10)18-14/h1-8H. The van der Waals surface area contributed by atoms with Gasteiger partial charge in [-0.3, -0.25) is 0 Å². The molecule has 5 heteroatoms. The van der Waals surface area contributed by atoms with Crippen molar-refractivity contribution in [1.29, 1.82) is 0 Å². The maximum atomic E-state index is 5.69. The molecule has 0 radical (unpaired) electrons. The molecule has 3 nitrogen and oxygen atoms in total. The van der Waals surface area contributed by atoms with Gasteiger partial charge in [-0.15, -0.1) is 11.3 Å². The molecule has 0 spiro atoms. The Morgan fingerprint density at radius 1 is 0.895 bits per heavy atom. The third-order valence-electron chi connectivity index (χ3n) is 2.72. The Labute approximate surface area is 117 Å².